The summed E-state index contributed by atoms with van der Waals surface area (Å²) >= 11 is 0. The van der Waals surface area contributed by atoms with Gasteiger partial charge in [-0.3, -0.25) is 24.0 Å². The zero-order valence-electron chi connectivity index (χ0n) is 24.2. The predicted octanol–water partition coefficient (Wildman–Crippen LogP) is 1.38. The van der Waals surface area contributed by atoms with E-state index < -0.39 is 95.2 Å². The van der Waals surface area contributed by atoms with Crippen LogP contribution in [0, 0.1) is 23.2 Å². The first kappa shape index (κ1) is 31.5. The molecule has 0 bridgehead atoms. The van der Waals surface area contributed by atoms with E-state index in [4.69, 9.17) is 23.7 Å². The van der Waals surface area contributed by atoms with E-state index in [0.29, 0.717) is 5.57 Å². The normalized spacial score (nSPS) is 41.3. The number of carbonyl (C=O) groups excluding carboxylic acids is 5. The Balaban J connectivity index is 2.44. The third kappa shape index (κ3) is 5.60. The molecule has 11 atom stereocenters. The predicted molar refractivity (Wildman–Crippen MR) is 136 cm³/mol. The van der Waals surface area contributed by atoms with E-state index >= 15 is 0 Å². The second-order valence-electron chi connectivity index (χ2n) is 11.5. The molecule has 1 aliphatic heterocycles. The van der Waals surface area contributed by atoms with Gasteiger partial charge in [-0.15, -0.1) is 0 Å². The Kier molecular flexibility index (Phi) is 9.05. The van der Waals surface area contributed by atoms with E-state index in [2.05, 4.69) is 0 Å². The Morgan fingerprint density at radius 3 is 1.90 bits per heavy atom. The highest BCUT2D eigenvalue weighted by atomic mass is 16.6. The summed E-state index contributed by atoms with van der Waals surface area (Å²) in [5, 5.41) is 23.6. The molecule has 2 aliphatic carbocycles. The molecule has 0 amide bonds. The van der Waals surface area contributed by atoms with Crippen LogP contribution >= 0.6 is 0 Å². The minimum atomic E-state index is -2.17. The summed E-state index contributed by atoms with van der Waals surface area (Å²) in [5.74, 6) is -6.51. The molecule has 0 spiro atoms. The minimum Gasteiger partial charge on any atom is -0.462 e. The molecule has 3 rings (SSSR count). The van der Waals surface area contributed by atoms with E-state index in [1.165, 1.54) is 33.8 Å². The van der Waals surface area contributed by atoms with Crippen LogP contribution in [0.4, 0.5) is 0 Å². The maximum atomic E-state index is 12.9. The molecule has 0 aromatic carbocycles. The maximum absolute atomic E-state index is 12.9. The van der Waals surface area contributed by atoms with Crippen molar-refractivity contribution >= 4 is 29.8 Å². The molecule has 224 valence electrons. The fraction of sp³-hybridized carbons (Fsp3) is 0.750. The van der Waals surface area contributed by atoms with Crippen molar-refractivity contribution in [3.05, 3.63) is 11.6 Å². The molecular weight excluding hydrogens is 528 g/mol. The van der Waals surface area contributed by atoms with E-state index in [1.54, 1.807) is 20.8 Å². The van der Waals surface area contributed by atoms with Gasteiger partial charge in [0.2, 0.25) is 0 Å². The van der Waals surface area contributed by atoms with Crippen LogP contribution in [0.25, 0.3) is 0 Å². The number of rotatable bonds is 4. The van der Waals surface area contributed by atoms with Gasteiger partial charge in [0.05, 0.1) is 12.0 Å². The third-order valence-corrected chi connectivity index (χ3v) is 8.83. The number of fused-ring (bicyclic) bond motifs is 2. The Morgan fingerprint density at radius 1 is 0.900 bits per heavy atom. The largest absolute Gasteiger partial charge is 0.462 e. The smallest absolute Gasteiger partial charge is 0.312 e. The second kappa shape index (κ2) is 11.5. The molecule has 2 N–H and O–H groups in total. The average molecular weight is 569 g/mol. The van der Waals surface area contributed by atoms with Crippen molar-refractivity contribution in [3.63, 3.8) is 0 Å². The fourth-order valence-electron chi connectivity index (χ4n) is 6.77. The summed E-state index contributed by atoms with van der Waals surface area (Å²) < 4.78 is 28.6. The zero-order chi connectivity index (χ0) is 30.3. The van der Waals surface area contributed by atoms with Crippen LogP contribution < -0.4 is 0 Å². The van der Waals surface area contributed by atoms with Crippen molar-refractivity contribution in [2.75, 3.05) is 0 Å². The lowest BCUT2D eigenvalue weighted by atomic mass is 9.52. The van der Waals surface area contributed by atoms with Gasteiger partial charge in [0.15, 0.2) is 11.7 Å². The quantitative estimate of drug-likeness (QED) is 0.284. The summed E-state index contributed by atoms with van der Waals surface area (Å²) in [6.07, 6.45) is -5.86. The molecule has 2 fully saturated rings. The van der Waals surface area contributed by atoms with E-state index in [0.717, 1.165) is 6.92 Å². The number of esters is 5. The van der Waals surface area contributed by atoms with Gasteiger partial charge in [-0.1, -0.05) is 13.8 Å². The first-order valence-corrected chi connectivity index (χ1v) is 13.4. The number of aliphatic hydroxyl groups is 2. The van der Waals surface area contributed by atoms with E-state index in [9.17, 15) is 34.2 Å². The number of hydrogen-bond donors (Lipinski definition) is 2. The van der Waals surface area contributed by atoms with Gasteiger partial charge in [-0.25, -0.2) is 0 Å². The van der Waals surface area contributed by atoms with E-state index in [-0.39, 0.29) is 12.8 Å². The van der Waals surface area contributed by atoms with Gasteiger partial charge in [0.1, 0.15) is 24.4 Å². The molecule has 1 saturated carbocycles. The van der Waals surface area contributed by atoms with Gasteiger partial charge in [-0.05, 0) is 31.4 Å². The molecule has 0 aromatic rings. The topological polar surface area (TPSA) is 172 Å². The zero-order valence-corrected chi connectivity index (χ0v) is 24.2. The fourth-order valence-corrected chi connectivity index (χ4v) is 6.77. The number of hydrogen-bond acceptors (Lipinski definition) is 12. The molecule has 0 aromatic heterocycles. The van der Waals surface area contributed by atoms with Crippen LogP contribution in [0.5, 0.6) is 0 Å². The molecule has 11 unspecified atom stereocenters. The minimum absolute atomic E-state index is 0.0573. The highest BCUT2D eigenvalue weighted by Gasteiger charge is 2.69. The van der Waals surface area contributed by atoms with Crippen LogP contribution in [-0.2, 0) is 47.7 Å². The Bertz CT molecular complexity index is 1080. The van der Waals surface area contributed by atoms with Crippen molar-refractivity contribution in [2.45, 2.75) is 110 Å². The summed E-state index contributed by atoms with van der Waals surface area (Å²) in [7, 11) is 0. The lowest BCUT2D eigenvalue weighted by Crippen LogP contribution is -2.69. The van der Waals surface area contributed by atoms with Gasteiger partial charge in [0.25, 0.3) is 0 Å². The van der Waals surface area contributed by atoms with Crippen molar-refractivity contribution < 1.29 is 57.9 Å². The lowest BCUT2D eigenvalue weighted by molar-refractivity contribution is -0.252. The Hall–Kier alpha value is -2.99. The molecule has 1 heterocycles. The lowest BCUT2D eigenvalue weighted by Gasteiger charge is -2.58. The summed E-state index contributed by atoms with van der Waals surface area (Å²) in [6, 6.07) is 0. The molecule has 1 saturated heterocycles. The van der Waals surface area contributed by atoms with Crippen molar-refractivity contribution in [1.29, 1.82) is 0 Å². The Morgan fingerprint density at radius 2 is 1.40 bits per heavy atom. The summed E-state index contributed by atoms with van der Waals surface area (Å²) in [4.78, 5) is 62.3. The molecule has 40 heavy (non-hydrogen) atoms. The highest BCUT2D eigenvalue weighted by Crippen LogP contribution is 2.56. The first-order valence-electron chi connectivity index (χ1n) is 13.4. The van der Waals surface area contributed by atoms with Crippen LogP contribution in [-0.4, -0.2) is 82.3 Å². The first-order chi connectivity index (χ1) is 18.4. The average Bonchev–Trinajstić information content (AvgIpc) is 3.03. The van der Waals surface area contributed by atoms with Gasteiger partial charge >= 0.3 is 29.8 Å². The van der Waals surface area contributed by atoms with Crippen LogP contribution in [0.1, 0.15) is 68.2 Å². The van der Waals surface area contributed by atoms with Gasteiger partial charge in [-0.2, -0.15) is 0 Å². The van der Waals surface area contributed by atoms with Crippen LogP contribution in [0.15, 0.2) is 11.6 Å². The van der Waals surface area contributed by atoms with Gasteiger partial charge in [0, 0.05) is 51.9 Å². The SMILES string of the molecule is CC(=O)OC1CC(OC(C)=O)C2(C)C(OC(C)=O)CC(O)C(C)C2C(OC(C)=O)C2(O)C(C=C1C)OC(=O)C2C. The number of aliphatic hydroxyl groups excluding tert-OH is 1. The maximum Gasteiger partial charge on any atom is 0.312 e. The molecular formula is C28H40O12. The van der Waals surface area contributed by atoms with Crippen molar-refractivity contribution in [3.8, 4) is 0 Å². The number of ether oxygens (including phenoxy) is 5. The van der Waals surface area contributed by atoms with Crippen molar-refractivity contribution in [1.82, 2.24) is 0 Å². The molecule has 12 heteroatoms. The van der Waals surface area contributed by atoms with Crippen LogP contribution in [0.3, 0.4) is 0 Å². The number of carbonyl (C=O) groups is 5. The third-order valence-electron chi connectivity index (χ3n) is 8.83. The van der Waals surface area contributed by atoms with Crippen LogP contribution in [0.2, 0.25) is 0 Å². The summed E-state index contributed by atoms with van der Waals surface area (Å²) in [5.41, 5.74) is -3.21. The van der Waals surface area contributed by atoms with Crippen molar-refractivity contribution in [2.24, 2.45) is 23.2 Å². The monoisotopic (exact) mass is 568 g/mol. The molecule has 0 radical (unpaired) electrons. The summed E-state index contributed by atoms with van der Waals surface area (Å²) in [6.45, 7) is 11.1. The highest BCUT2D eigenvalue weighted by molar-refractivity contribution is 5.78. The second-order valence-corrected chi connectivity index (χ2v) is 11.5. The standard InChI is InChI=1S/C28H40O12/c1-12-9-23-28(35,14(3)26(34)40-23)25(39-18(7)32)24-13(2)19(33)10-21(37-16(5)30)27(24,8)22(38-17(6)31)11-20(12)36-15(4)29/h9,13-14,19-25,33,35H,10-11H2,1-8H3. The molecule has 12 nitrogen and oxygen atoms in total. The Labute approximate surface area is 233 Å². The molecule has 3 aliphatic rings. The van der Waals surface area contributed by atoms with E-state index in [1.807, 2.05) is 0 Å². The van der Waals surface area contributed by atoms with Gasteiger partial charge < -0.3 is 33.9 Å².